The molecule has 0 aliphatic heterocycles. The summed E-state index contributed by atoms with van der Waals surface area (Å²) in [5, 5.41) is 3.20. The number of anilines is 1. The molecule has 4 nitrogen and oxygen atoms in total. The Bertz CT molecular complexity index is 486. The third-order valence-corrected chi connectivity index (χ3v) is 4.80. The molecule has 0 fully saturated rings. The van der Waals surface area contributed by atoms with Crippen molar-refractivity contribution in [2.45, 2.75) is 38.0 Å². The molecule has 0 aromatic heterocycles. The third kappa shape index (κ3) is 5.51. The molecule has 1 aromatic rings. The number of rotatable bonds is 10. The highest BCUT2D eigenvalue weighted by molar-refractivity contribution is 7.91. The lowest BCUT2D eigenvalue weighted by molar-refractivity contribution is 0.134. The molecule has 0 atom stereocenters. The van der Waals surface area contributed by atoms with E-state index < -0.39 is 9.84 Å². The Balaban J connectivity index is 2.58. The Kier molecular flexibility index (Phi) is 7.62. The summed E-state index contributed by atoms with van der Waals surface area (Å²) >= 11 is 0. The zero-order valence-electron chi connectivity index (χ0n) is 12.4. The number of sulfone groups is 1. The topological polar surface area (TPSA) is 55.4 Å². The van der Waals surface area contributed by atoms with Crippen LogP contribution in [0.2, 0.25) is 0 Å². The number of hydrogen-bond donors (Lipinski definition) is 1. The summed E-state index contributed by atoms with van der Waals surface area (Å²) in [5.74, 6) is 0.186. The third-order valence-electron chi connectivity index (χ3n) is 2.82. The van der Waals surface area contributed by atoms with Crippen LogP contribution < -0.4 is 5.32 Å². The van der Waals surface area contributed by atoms with Crippen molar-refractivity contribution < 1.29 is 13.2 Å². The van der Waals surface area contributed by atoms with E-state index in [4.69, 9.17) is 4.74 Å². The first kappa shape index (κ1) is 17.0. The molecule has 0 bridgehead atoms. The Labute approximate surface area is 122 Å². The summed E-state index contributed by atoms with van der Waals surface area (Å²) < 4.78 is 29.7. The molecule has 1 rings (SSSR count). The first-order chi connectivity index (χ1) is 9.61. The summed E-state index contributed by atoms with van der Waals surface area (Å²) in [7, 11) is -3.19. The molecule has 0 spiro atoms. The second kappa shape index (κ2) is 8.97. The Morgan fingerprint density at radius 2 is 1.85 bits per heavy atom. The van der Waals surface area contributed by atoms with E-state index in [0.29, 0.717) is 30.2 Å². The minimum atomic E-state index is -3.19. The Morgan fingerprint density at radius 3 is 2.55 bits per heavy atom. The molecule has 0 aliphatic rings. The summed E-state index contributed by atoms with van der Waals surface area (Å²) in [6.07, 6.45) is 2.51. The van der Waals surface area contributed by atoms with Gasteiger partial charge in [-0.05, 0) is 31.4 Å². The molecule has 0 saturated heterocycles. The van der Waals surface area contributed by atoms with Crippen LogP contribution in [0.15, 0.2) is 29.2 Å². The van der Waals surface area contributed by atoms with Crippen molar-refractivity contribution in [2.24, 2.45) is 0 Å². The first-order valence-corrected chi connectivity index (χ1v) is 8.90. The molecule has 114 valence electrons. The van der Waals surface area contributed by atoms with Crippen LogP contribution in [0.1, 0.15) is 33.1 Å². The molecular weight excluding hydrogens is 274 g/mol. The average molecular weight is 299 g/mol. The minimum absolute atomic E-state index is 0.186. The van der Waals surface area contributed by atoms with Gasteiger partial charge in [-0.25, -0.2) is 8.42 Å². The minimum Gasteiger partial charge on any atom is -0.384 e. The summed E-state index contributed by atoms with van der Waals surface area (Å²) in [4.78, 5) is 0.399. The maximum atomic E-state index is 12.2. The Hall–Kier alpha value is -1.07. The van der Waals surface area contributed by atoms with E-state index in [0.717, 1.165) is 19.4 Å². The predicted molar refractivity (Wildman–Crippen MR) is 83.0 cm³/mol. The van der Waals surface area contributed by atoms with Gasteiger partial charge in [0, 0.05) is 19.8 Å². The van der Waals surface area contributed by atoms with E-state index in [9.17, 15) is 8.42 Å². The van der Waals surface area contributed by atoms with Gasteiger partial charge in [-0.2, -0.15) is 0 Å². The van der Waals surface area contributed by atoms with Crippen molar-refractivity contribution in [2.75, 3.05) is 30.8 Å². The lowest BCUT2D eigenvalue weighted by atomic mass is 10.3. The van der Waals surface area contributed by atoms with Crippen molar-refractivity contribution in [3.63, 3.8) is 0 Å². The van der Waals surface area contributed by atoms with Crippen LogP contribution in [0.3, 0.4) is 0 Å². The lowest BCUT2D eigenvalue weighted by Crippen LogP contribution is -2.12. The summed E-state index contributed by atoms with van der Waals surface area (Å²) in [6.45, 7) is 6.14. The molecule has 20 heavy (non-hydrogen) atoms. The van der Waals surface area contributed by atoms with Gasteiger partial charge >= 0.3 is 0 Å². The monoisotopic (exact) mass is 299 g/mol. The van der Waals surface area contributed by atoms with Crippen LogP contribution in [0, 0.1) is 0 Å². The predicted octanol–water partition coefficient (Wildman–Crippen LogP) is 3.10. The molecule has 0 saturated carbocycles. The van der Waals surface area contributed by atoms with E-state index in [1.54, 1.807) is 12.1 Å². The highest BCUT2D eigenvalue weighted by atomic mass is 32.2. The van der Waals surface area contributed by atoms with Crippen LogP contribution in [0.25, 0.3) is 0 Å². The summed E-state index contributed by atoms with van der Waals surface area (Å²) in [6, 6.07) is 7.09. The highest BCUT2D eigenvalue weighted by Gasteiger charge is 2.16. The smallest absolute Gasteiger partial charge is 0.180 e. The van der Waals surface area contributed by atoms with Crippen LogP contribution in [0.4, 0.5) is 5.69 Å². The van der Waals surface area contributed by atoms with E-state index >= 15 is 0 Å². The molecule has 0 aliphatic carbocycles. The van der Waals surface area contributed by atoms with Gasteiger partial charge < -0.3 is 10.1 Å². The number of ether oxygens (including phenoxy) is 1. The molecule has 1 aromatic carbocycles. The Morgan fingerprint density at radius 1 is 1.10 bits per heavy atom. The number of hydrogen-bond acceptors (Lipinski definition) is 4. The second-order valence-corrected chi connectivity index (χ2v) is 6.79. The fraction of sp³-hybridized carbons (Fsp3) is 0.600. The van der Waals surface area contributed by atoms with Crippen LogP contribution in [0.5, 0.6) is 0 Å². The maximum absolute atomic E-state index is 12.2. The van der Waals surface area contributed by atoms with Crippen molar-refractivity contribution in [3.05, 3.63) is 24.3 Å². The molecular formula is C15H25NO3S. The van der Waals surface area contributed by atoms with Gasteiger partial charge in [0.1, 0.15) is 0 Å². The average Bonchev–Trinajstić information content (AvgIpc) is 2.43. The molecule has 1 N–H and O–H groups in total. The molecule has 5 heteroatoms. The zero-order chi connectivity index (χ0) is 14.8. The molecule has 0 amide bonds. The SMILES string of the molecule is CCCOCCCNc1ccccc1S(=O)(=O)CCC. The highest BCUT2D eigenvalue weighted by Crippen LogP contribution is 2.22. The van der Waals surface area contributed by atoms with Crippen molar-refractivity contribution in [1.82, 2.24) is 0 Å². The normalized spacial score (nSPS) is 11.5. The molecule has 0 unspecified atom stereocenters. The van der Waals surface area contributed by atoms with Gasteiger partial charge in [-0.3, -0.25) is 0 Å². The number of benzene rings is 1. The van der Waals surface area contributed by atoms with Gasteiger partial charge in [-0.1, -0.05) is 26.0 Å². The lowest BCUT2D eigenvalue weighted by Gasteiger charge is -2.12. The van der Waals surface area contributed by atoms with E-state index in [-0.39, 0.29) is 5.75 Å². The number of nitrogens with one attached hydrogen (secondary N) is 1. The van der Waals surface area contributed by atoms with Crippen LogP contribution >= 0.6 is 0 Å². The fourth-order valence-electron chi connectivity index (χ4n) is 1.91. The van der Waals surface area contributed by atoms with E-state index in [1.807, 2.05) is 19.1 Å². The van der Waals surface area contributed by atoms with Gasteiger partial charge in [0.2, 0.25) is 0 Å². The first-order valence-electron chi connectivity index (χ1n) is 7.25. The van der Waals surface area contributed by atoms with Crippen LogP contribution in [-0.4, -0.2) is 33.9 Å². The van der Waals surface area contributed by atoms with Gasteiger partial charge in [0.05, 0.1) is 16.3 Å². The summed E-state index contributed by atoms with van der Waals surface area (Å²) in [5.41, 5.74) is 0.691. The largest absolute Gasteiger partial charge is 0.384 e. The van der Waals surface area contributed by atoms with E-state index in [2.05, 4.69) is 12.2 Å². The van der Waals surface area contributed by atoms with Crippen LogP contribution in [-0.2, 0) is 14.6 Å². The van der Waals surface area contributed by atoms with Gasteiger partial charge in [0.25, 0.3) is 0 Å². The second-order valence-electron chi connectivity index (χ2n) is 4.71. The zero-order valence-corrected chi connectivity index (χ0v) is 13.2. The van der Waals surface area contributed by atoms with E-state index in [1.165, 1.54) is 0 Å². The molecule has 0 heterocycles. The van der Waals surface area contributed by atoms with Crippen molar-refractivity contribution in [1.29, 1.82) is 0 Å². The van der Waals surface area contributed by atoms with Crippen molar-refractivity contribution in [3.8, 4) is 0 Å². The molecule has 0 radical (unpaired) electrons. The standard InChI is InChI=1S/C15H25NO3S/c1-3-11-19-12-7-10-16-14-8-5-6-9-15(14)20(17,18)13-4-2/h5-6,8-9,16H,3-4,7,10-13H2,1-2H3. The fourth-order valence-corrected chi connectivity index (χ4v) is 3.42. The number of para-hydroxylation sites is 1. The maximum Gasteiger partial charge on any atom is 0.180 e. The van der Waals surface area contributed by atoms with Gasteiger partial charge in [-0.15, -0.1) is 0 Å². The van der Waals surface area contributed by atoms with Gasteiger partial charge in [0.15, 0.2) is 9.84 Å². The quantitative estimate of drug-likeness (QED) is 0.675. The van der Waals surface area contributed by atoms with Crippen molar-refractivity contribution >= 4 is 15.5 Å².